The lowest BCUT2D eigenvalue weighted by Gasteiger charge is -2.11. The first-order chi connectivity index (χ1) is 12.4. The maximum absolute atomic E-state index is 12.0. The van der Waals surface area contributed by atoms with Crippen molar-refractivity contribution < 1.29 is 33.4 Å². The zero-order valence-electron chi connectivity index (χ0n) is 14.4. The highest BCUT2D eigenvalue weighted by Gasteiger charge is 2.17. The number of nitrogens with one attached hydrogen (secondary N) is 2. The number of hydrogen-bond donors (Lipinski definition) is 2. The SMILES string of the molecule is CN(C)C(=O)CNC(=O)COC(=O)CNC(=O)c1ccc2c(c1)OCO2. The van der Waals surface area contributed by atoms with Crippen molar-refractivity contribution in [2.45, 2.75) is 0 Å². The Labute approximate surface area is 149 Å². The molecule has 1 aliphatic rings. The molecule has 2 N–H and O–H groups in total. The van der Waals surface area contributed by atoms with Gasteiger partial charge in [0.2, 0.25) is 12.7 Å². The lowest BCUT2D eigenvalue weighted by Crippen LogP contribution is -2.39. The standard InChI is InChI=1S/C16H19N3O7/c1-19(2)14(21)6-17-13(20)8-24-15(22)7-18-16(23)10-3-4-11-12(5-10)26-9-25-11/h3-5H,6-9H2,1-2H3,(H,17,20)(H,18,23). The fourth-order valence-corrected chi connectivity index (χ4v) is 1.87. The molecule has 1 aliphatic heterocycles. The Morgan fingerprint density at radius 3 is 2.54 bits per heavy atom. The van der Waals surface area contributed by atoms with E-state index in [1.807, 2.05) is 0 Å². The summed E-state index contributed by atoms with van der Waals surface area (Å²) >= 11 is 0. The Bertz CT molecular complexity index is 718. The average molecular weight is 365 g/mol. The van der Waals surface area contributed by atoms with Gasteiger partial charge in [0.05, 0.1) is 6.54 Å². The van der Waals surface area contributed by atoms with Crippen LogP contribution >= 0.6 is 0 Å². The highest BCUT2D eigenvalue weighted by molar-refractivity contribution is 5.96. The lowest BCUT2D eigenvalue weighted by molar-refractivity contribution is -0.147. The minimum atomic E-state index is -0.784. The second kappa shape index (κ2) is 8.70. The zero-order chi connectivity index (χ0) is 19.1. The van der Waals surface area contributed by atoms with E-state index in [1.54, 1.807) is 20.2 Å². The van der Waals surface area contributed by atoms with Crippen LogP contribution in [0.1, 0.15) is 10.4 Å². The monoisotopic (exact) mass is 365 g/mol. The number of likely N-dealkylation sites (N-methyl/N-ethyl adjacent to an activating group) is 1. The number of rotatable bonds is 7. The number of amides is 3. The van der Waals surface area contributed by atoms with Gasteiger partial charge >= 0.3 is 5.97 Å². The van der Waals surface area contributed by atoms with E-state index >= 15 is 0 Å². The van der Waals surface area contributed by atoms with Crippen LogP contribution in [0.2, 0.25) is 0 Å². The van der Waals surface area contributed by atoms with Crippen molar-refractivity contribution in [2.75, 3.05) is 40.6 Å². The van der Waals surface area contributed by atoms with Crippen molar-refractivity contribution in [2.24, 2.45) is 0 Å². The Morgan fingerprint density at radius 1 is 1.08 bits per heavy atom. The van der Waals surface area contributed by atoms with E-state index in [9.17, 15) is 19.2 Å². The van der Waals surface area contributed by atoms with Crippen LogP contribution in [0.3, 0.4) is 0 Å². The Hall–Kier alpha value is -3.30. The highest BCUT2D eigenvalue weighted by atomic mass is 16.7. The lowest BCUT2D eigenvalue weighted by atomic mass is 10.2. The molecule has 0 aromatic heterocycles. The smallest absolute Gasteiger partial charge is 0.325 e. The topological polar surface area (TPSA) is 123 Å². The van der Waals surface area contributed by atoms with Crippen LogP contribution in [0.5, 0.6) is 11.5 Å². The molecule has 1 aromatic carbocycles. The van der Waals surface area contributed by atoms with Crippen molar-refractivity contribution >= 4 is 23.7 Å². The second-order valence-electron chi connectivity index (χ2n) is 5.48. The number of carbonyl (C=O) groups is 4. The van der Waals surface area contributed by atoms with Crippen LogP contribution < -0.4 is 20.1 Å². The minimum absolute atomic E-state index is 0.0922. The highest BCUT2D eigenvalue weighted by Crippen LogP contribution is 2.32. The predicted molar refractivity (Wildman–Crippen MR) is 87.6 cm³/mol. The summed E-state index contributed by atoms with van der Waals surface area (Å²) in [6, 6.07) is 4.62. The van der Waals surface area contributed by atoms with Gasteiger partial charge in [0, 0.05) is 19.7 Å². The van der Waals surface area contributed by atoms with Gasteiger partial charge in [-0.1, -0.05) is 0 Å². The number of hydrogen-bond acceptors (Lipinski definition) is 7. The largest absolute Gasteiger partial charge is 0.454 e. The van der Waals surface area contributed by atoms with E-state index in [1.165, 1.54) is 17.0 Å². The maximum atomic E-state index is 12.0. The van der Waals surface area contributed by atoms with E-state index in [4.69, 9.17) is 14.2 Å². The quantitative estimate of drug-likeness (QED) is 0.588. The van der Waals surface area contributed by atoms with Crippen LogP contribution in [0.25, 0.3) is 0 Å². The number of ether oxygens (including phenoxy) is 3. The zero-order valence-corrected chi connectivity index (χ0v) is 14.4. The summed E-state index contributed by atoms with van der Waals surface area (Å²) in [5, 5.41) is 4.69. The van der Waals surface area contributed by atoms with E-state index in [0.717, 1.165) is 0 Å². The molecule has 0 bridgehead atoms. The van der Waals surface area contributed by atoms with Gasteiger partial charge in [0.25, 0.3) is 11.8 Å². The number of esters is 1. The van der Waals surface area contributed by atoms with Crippen LogP contribution in [0, 0.1) is 0 Å². The molecule has 0 saturated heterocycles. The molecular formula is C16H19N3O7. The molecule has 0 aliphatic carbocycles. The van der Waals surface area contributed by atoms with E-state index in [0.29, 0.717) is 17.1 Å². The molecular weight excluding hydrogens is 346 g/mol. The molecule has 1 heterocycles. The van der Waals surface area contributed by atoms with Crippen LogP contribution in [-0.4, -0.2) is 69.2 Å². The molecule has 0 radical (unpaired) electrons. The molecule has 140 valence electrons. The van der Waals surface area contributed by atoms with Gasteiger partial charge in [-0.25, -0.2) is 0 Å². The summed E-state index contributed by atoms with van der Waals surface area (Å²) in [7, 11) is 3.11. The second-order valence-corrected chi connectivity index (χ2v) is 5.48. The van der Waals surface area contributed by atoms with Gasteiger partial charge in [-0.15, -0.1) is 0 Å². The summed E-state index contributed by atoms with van der Waals surface area (Å²) in [4.78, 5) is 47.7. The third kappa shape index (κ3) is 5.36. The summed E-state index contributed by atoms with van der Waals surface area (Å²) in [6.45, 7) is -1.05. The predicted octanol–water partition coefficient (Wildman–Crippen LogP) is -1.11. The Balaban J connectivity index is 1.69. The molecule has 3 amide bonds. The fraction of sp³-hybridized carbons (Fsp3) is 0.375. The van der Waals surface area contributed by atoms with Gasteiger partial charge in [0.1, 0.15) is 6.54 Å². The molecule has 10 nitrogen and oxygen atoms in total. The maximum Gasteiger partial charge on any atom is 0.325 e. The van der Waals surface area contributed by atoms with Gasteiger partial charge in [-0.05, 0) is 18.2 Å². The first kappa shape index (κ1) is 19.0. The summed E-state index contributed by atoms with van der Waals surface area (Å²) in [5.41, 5.74) is 0.294. The molecule has 10 heteroatoms. The molecule has 26 heavy (non-hydrogen) atoms. The van der Waals surface area contributed by atoms with Crippen molar-refractivity contribution in [1.82, 2.24) is 15.5 Å². The minimum Gasteiger partial charge on any atom is -0.454 e. The van der Waals surface area contributed by atoms with Gasteiger partial charge < -0.3 is 29.7 Å². The third-order valence-electron chi connectivity index (χ3n) is 3.33. The summed E-state index contributed by atoms with van der Waals surface area (Å²) in [6.07, 6.45) is 0. The third-order valence-corrected chi connectivity index (χ3v) is 3.33. The van der Waals surface area contributed by atoms with Crippen molar-refractivity contribution in [1.29, 1.82) is 0 Å². The molecule has 0 atom stereocenters. The first-order valence-electron chi connectivity index (χ1n) is 7.67. The van der Waals surface area contributed by atoms with Crippen molar-refractivity contribution in [3.8, 4) is 11.5 Å². The Kier molecular flexibility index (Phi) is 6.36. The molecule has 0 fully saturated rings. The van der Waals surface area contributed by atoms with E-state index in [-0.39, 0.29) is 19.2 Å². The van der Waals surface area contributed by atoms with Crippen LogP contribution in [0.15, 0.2) is 18.2 Å². The number of carbonyl (C=O) groups excluding carboxylic acids is 4. The van der Waals surface area contributed by atoms with Crippen molar-refractivity contribution in [3.63, 3.8) is 0 Å². The van der Waals surface area contributed by atoms with Crippen LogP contribution in [-0.2, 0) is 19.1 Å². The van der Waals surface area contributed by atoms with Crippen LogP contribution in [0.4, 0.5) is 0 Å². The molecule has 0 spiro atoms. The normalized spacial score (nSPS) is 11.5. The fourth-order valence-electron chi connectivity index (χ4n) is 1.87. The number of nitrogens with zero attached hydrogens (tertiary/aromatic N) is 1. The molecule has 2 rings (SSSR count). The van der Waals surface area contributed by atoms with Crippen molar-refractivity contribution in [3.05, 3.63) is 23.8 Å². The molecule has 0 unspecified atom stereocenters. The summed E-state index contributed by atoms with van der Waals surface area (Å²) in [5.74, 6) is -1.20. The van der Waals surface area contributed by atoms with Gasteiger partial charge in [-0.2, -0.15) is 0 Å². The van der Waals surface area contributed by atoms with Gasteiger partial charge in [0.15, 0.2) is 18.1 Å². The average Bonchev–Trinajstić information content (AvgIpc) is 3.09. The molecule has 0 saturated carbocycles. The van der Waals surface area contributed by atoms with E-state index < -0.39 is 30.9 Å². The van der Waals surface area contributed by atoms with E-state index in [2.05, 4.69) is 10.6 Å². The number of benzene rings is 1. The molecule has 1 aromatic rings. The first-order valence-corrected chi connectivity index (χ1v) is 7.67. The number of fused-ring (bicyclic) bond motifs is 1. The van der Waals surface area contributed by atoms with Gasteiger partial charge in [-0.3, -0.25) is 19.2 Å². The Morgan fingerprint density at radius 2 is 1.81 bits per heavy atom. The summed E-state index contributed by atoms with van der Waals surface area (Å²) < 4.78 is 15.0.